The number of hydrogen-bond acceptors (Lipinski definition) is 4. The van der Waals surface area contributed by atoms with E-state index in [-0.39, 0.29) is 6.61 Å². The van der Waals surface area contributed by atoms with Crippen LogP contribution in [0.2, 0.25) is 5.02 Å². The molecule has 4 N–H and O–H groups in total. The number of nitrogens with two attached hydrogens (primary N) is 2. The Balaban J connectivity index is 2.06. The van der Waals surface area contributed by atoms with E-state index in [1.54, 1.807) is 12.3 Å². The van der Waals surface area contributed by atoms with Crippen molar-refractivity contribution >= 4 is 17.5 Å². The third-order valence-corrected chi connectivity index (χ3v) is 3.31. The van der Waals surface area contributed by atoms with Gasteiger partial charge in [-0.2, -0.15) is 0 Å². The fourth-order valence-electron chi connectivity index (χ4n) is 2.10. The van der Waals surface area contributed by atoms with E-state index < -0.39 is 5.91 Å². The molecular formula is C16H20ClN2O4+. The highest BCUT2D eigenvalue weighted by Gasteiger charge is 2.14. The standard InChI is InChI=1S/C16H19ClN2O4/c1-2-21-14-7-11(8-19-9-12-4-3-5-22-12)6-13(17)16(14)23-10-15(18)20/h3-7,19H,2,8-10H2,1H3,(H2,18,20)/p+1. The molecule has 23 heavy (non-hydrogen) atoms. The molecule has 2 aromatic rings. The van der Waals surface area contributed by atoms with Gasteiger partial charge < -0.3 is 24.9 Å². The molecule has 6 nitrogen and oxygen atoms in total. The number of carbonyl (C=O) groups is 1. The first-order chi connectivity index (χ1) is 11.1. The first-order valence-corrected chi connectivity index (χ1v) is 7.68. The van der Waals surface area contributed by atoms with Crippen LogP contribution in [0.3, 0.4) is 0 Å². The minimum Gasteiger partial charge on any atom is -0.490 e. The zero-order valence-electron chi connectivity index (χ0n) is 12.9. The van der Waals surface area contributed by atoms with Crippen molar-refractivity contribution in [2.45, 2.75) is 20.0 Å². The van der Waals surface area contributed by atoms with Gasteiger partial charge in [0.05, 0.1) is 17.9 Å². The SMILES string of the molecule is CCOc1cc(C[NH2+]Cc2ccco2)cc(Cl)c1OCC(N)=O. The van der Waals surface area contributed by atoms with Crippen molar-refractivity contribution in [1.82, 2.24) is 0 Å². The fourth-order valence-corrected chi connectivity index (χ4v) is 2.38. The maximum absolute atomic E-state index is 10.9. The molecule has 0 atom stereocenters. The zero-order valence-corrected chi connectivity index (χ0v) is 13.6. The van der Waals surface area contributed by atoms with Crippen LogP contribution in [0, 0.1) is 0 Å². The predicted molar refractivity (Wildman–Crippen MR) is 85.4 cm³/mol. The van der Waals surface area contributed by atoms with Crippen molar-refractivity contribution < 1.29 is 24.0 Å². The van der Waals surface area contributed by atoms with Gasteiger partial charge in [-0.25, -0.2) is 0 Å². The van der Waals surface area contributed by atoms with Gasteiger partial charge in [-0.3, -0.25) is 4.79 Å². The van der Waals surface area contributed by atoms with Crippen molar-refractivity contribution in [3.05, 3.63) is 46.9 Å². The summed E-state index contributed by atoms with van der Waals surface area (Å²) < 4.78 is 16.2. The highest BCUT2D eigenvalue weighted by Crippen LogP contribution is 2.36. The maximum Gasteiger partial charge on any atom is 0.255 e. The van der Waals surface area contributed by atoms with Crippen molar-refractivity contribution in [3.8, 4) is 11.5 Å². The Hall–Kier alpha value is -2.18. The third-order valence-electron chi connectivity index (χ3n) is 3.03. The first-order valence-electron chi connectivity index (χ1n) is 7.30. The molecule has 1 amide bonds. The van der Waals surface area contributed by atoms with Gasteiger partial charge >= 0.3 is 0 Å². The van der Waals surface area contributed by atoms with Crippen LogP contribution >= 0.6 is 11.6 Å². The second kappa shape index (κ2) is 8.45. The average molecular weight is 340 g/mol. The van der Waals surface area contributed by atoms with Gasteiger partial charge in [0.15, 0.2) is 23.9 Å². The van der Waals surface area contributed by atoms with Crippen molar-refractivity contribution in [2.75, 3.05) is 13.2 Å². The molecule has 0 saturated carbocycles. The number of halogens is 1. The van der Waals surface area contributed by atoms with E-state index in [1.165, 1.54) is 0 Å². The zero-order chi connectivity index (χ0) is 16.7. The Morgan fingerprint density at radius 2 is 2.17 bits per heavy atom. The summed E-state index contributed by atoms with van der Waals surface area (Å²) in [5.41, 5.74) is 6.08. The van der Waals surface area contributed by atoms with E-state index in [2.05, 4.69) is 5.32 Å². The molecule has 2 rings (SSSR count). The molecule has 0 saturated heterocycles. The van der Waals surface area contributed by atoms with Crippen molar-refractivity contribution in [2.24, 2.45) is 5.73 Å². The molecule has 0 fully saturated rings. The normalized spacial score (nSPS) is 10.5. The molecule has 1 aromatic carbocycles. The van der Waals surface area contributed by atoms with Gasteiger partial charge in [0.1, 0.15) is 13.1 Å². The van der Waals surface area contributed by atoms with Crippen LogP contribution in [-0.4, -0.2) is 19.1 Å². The Labute approximate surface area is 139 Å². The number of furan rings is 1. The van der Waals surface area contributed by atoms with Crippen LogP contribution in [0.25, 0.3) is 0 Å². The van der Waals surface area contributed by atoms with Gasteiger partial charge in [0.25, 0.3) is 5.91 Å². The average Bonchev–Trinajstić information content (AvgIpc) is 3.00. The largest absolute Gasteiger partial charge is 0.490 e. The summed E-state index contributed by atoms with van der Waals surface area (Å²) in [7, 11) is 0. The van der Waals surface area contributed by atoms with Gasteiger partial charge in [0, 0.05) is 5.56 Å². The van der Waals surface area contributed by atoms with Crippen LogP contribution in [0.1, 0.15) is 18.2 Å². The van der Waals surface area contributed by atoms with E-state index in [9.17, 15) is 4.79 Å². The number of quaternary nitrogens is 1. The number of carbonyl (C=O) groups excluding carboxylic acids is 1. The Morgan fingerprint density at radius 3 is 2.83 bits per heavy atom. The summed E-state index contributed by atoms with van der Waals surface area (Å²) in [6.45, 7) is 3.51. The molecule has 0 radical (unpaired) electrons. The summed E-state index contributed by atoms with van der Waals surface area (Å²) in [6, 6.07) is 7.43. The van der Waals surface area contributed by atoms with E-state index in [1.807, 2.05) is 25.1 Å². The molecule has 1 aromatic heterocycles. The Kier molecular flexibility index (Phi) is 6.31. The first kappa shape index (κ1) is 17.2. The summed E-state index contributed by atoms with van der Waals surface area (Å²) in [6.07, 6.45) is 1.65. The lowest BCUT2D eigenvalue weighted by molar-refractivity contribution is -0.688. The number of amides is 1. The van der Waals surface area contributed by atoms with E-state index in [0.29, 0.717) is 29.7 Å². The highest BCUT2D eigenvalue weighted by atomic mass is 35.5. The summed E-state index contributed by atoms with van der Waals surface area (Å²) in [4.78, 5) is 10.9. The monoisotopic (exact) mass is 339 g/mol. The number of ether oxygens (including phenoxy) is 2. The smallest absolute Gasteiger partial charge is 0.255 e. The highest BCUT2D eigenvalue weighted by molar-refractivity contribution is 6.32. The van der Waals surface area contributed by atoms with E-state index in [4.69, 9.17) is 31.2 Å². The third kappa shape index (κ3) is 5.19. The Bertz CT molecular complexity index is 644. The van der Waals surface area contributed by atoms with Gasteiger partial charge in [-0.15, -0.1) is 0 Å². The number of rotatable bonds is 9. The lowest BCUT2D eigenvalue weighted by atomic mass is 10.2. The van der Waals surface area contributed by atoms with Crippen LogP contribution < -0.4 is 20.5 Å². The lowest BCUT2D eigenvalue weighted by Crippen LogP contribution is -2.80. The molecule has 124 valence electrons. The quantitative estimate of drug-likeness (QED) is 0.723. The van der Waals surface area contributed by atoms with Crippen molar-refractivity contribution in [1.29, 1.82) is 0 Å². The van der Waals surface area contributed by atoms with Crippen LogP contribution in [0.5, 0.6) is 11.5 Å². The molecule has 0 aliphatic heterocycles. The predicted octanol–water partition coefficient (Wildman–Crippen LogP) is 1.46. The molecule has 0 aliphatic rings. The fraction of sp³-hybridized carbons (Fsp3) is 0.312. The summed E-state index contributed by atoms with van der Waals surface area (Å²) >= 11 is 6.24. The lowest BCUT2D eigenvalue weighted by Gasteiger charge is -2.14. The number of hydrogen-bond donors (Lipinski definition) is 2. The van der Waals surface area contributed by atoms with Crippen molar-refractivity contribution in [3.63, 3.8) is 0 Å². The minimum atomic E-state index is -0.570. The second-order valence-electron chi connectivity index (χ2n) is 4.87. The topological polar surface area (TPSA) is 91.3 Å². The van der Waals surface area contributed by atoms with E-state index >= 15 is 0 Å². The van der Waals surface area contributed by atoms with Crippen LogP contribution in [-0.2, 0) is 17.9 Å². The molecule has 0 unspecified atom stereocenters. The maximum atomic E-state index is 10.9. The minimum absolute atomic E-state index is 0.246. The molecule has 7 heteroatoms. The molecular weight excluding hydrogens is 320 g/mol. The van der Waals surface area contributed by atoms with Gasteiger partial charge in [-0.1, -0.05) is 11.6 Å². The second-order valence-corrected chi connectivity index (χ2v) is 5.28. The number of benzene rings is 1. The molecule has 0 bridgehead atoms. The van der Waals surface area contributed by atoms with E-state index in [0.717, 1.165) is 17.9 Å². The van der Waals surface area contributed by atoms with Gasteiger partial charge in [-0.05, 0) is 31.2 Å². The summed E-state index contributed by atoms with van der Waals surface area (Å²) in [5, 5.41) is 2.48. The Morgan fingerprint density at radius 1 is 1.35 bits per heavy atom. The van der Waals surface area contributed by atoms with Crippen LogP contribution in [0.15, 0.2) is 34.9 Å². The summed E-state index contributed by atoms with van der Waals surface area (Å²) in [5.74, 6) is 1.17. The molecule has 0 aliphatic carbocycles. The molecule has 1 heterocycles. The van der Waals surface area contributed by atoms with Gasteiger partial charge in [0.2, 0.25) is 0 Å². The number of primary amides is 1. The van der Waals surface area contributed by atoms with Crippen LogP contribution in [0.4, 0.5) is 0 Å². The molecule has 0 spiro atoms.